The van der Waals surface area contributed by atoms with Crippen LogP contribution >= 0.6 is 15.9 Å². The summed E-state index contributed by atoms with van der Waals surface area (Å²) < 4.78 is 14.4. The van der Waals surface area contributed by atoms with Gasteiger partial charge >= 0.3 is 0 Å². The molecule has 0 aliphatic heterocycles. The molecule has 24 heavy (non-hydrogen) atoms. The molecule has 1 heterocycles. The summed E-state index contributed by atoms with van der Waals surface area (Å²) in [5, 5.41) is 5.65. The van der Waals surface area contributed by atoms with Gasteiger partial charge in [0.15, 0.2) is 0 Å². The van der Waals surface area contributed by atoms with Gasteiger partial charge in [-0.3, -0.25) is 4.79 Å². The van der Waals surface area contributed by atoms with Gasteiger partial charge in [-0.05, 0) is 42.5 Å². The zero-order valence-electron chi connectivity index (χ0n) is 12.5. The highest BCUT2D eigenvalue weighted by atomic mass is 79.9. The number of nitrogens with one attached hydrogen (secondary N) is 2. The van der Waals surface area contributed by atoms with E-state index in [0.717, 1.165) is 4.47 Å². The maximum Gasteiger partial charge on any atom is 0.255 e. The van der Waals surface area contributed by atoms with Crippen LogP contribution in [0.15, 0.2) is 71.3 Å². The van der Waals surface area contributed by atoms with Crippen molar-refractivity contribution >= 4 is 39.0 Å². The number of nitrogens with zero attached hydrogens (tertiary/aromatic N) is 1. The van der Waals surface area contributed by atoms with E-state index in [4.69, 9.17) is 0 Å². The van der Waals surface area contributed by atoms with Crippen LogP contribution in [0, 0.1) is 5.82 Å². The third kappa shape index (κ3) is 3.97. The second-order valence-electron chi connectivity index (χ2n) is 5.00. The number of carbonyl (C=O) groups is 1. The molecule has 0 saturated carbocycles. The van der Waals surface area contributed by atoms with Crippen LogP contribution in [-0.4, -0.2) is 10.9 Å². The first-order valence-corrected chi connectivity index (χ1v) is 7.95. The lowest BCUT2D eigenvalue weighted by atomic mass is 10.2. The lowest BCUT2D eigenvalue weighted by molar-refractivity contribution is 0.102. The van der Waals surface area contributed by atoms with Gasteiger partial charge in [-0.1, -0.05) is 34.1 Å². The molecule has 3 aromatic rings. The van der Waals surface area contributed by atoms with Gasteiger partial charge < -0.3 is 10.6 Å². The minimum atomic E-state index is -0.355. The highest BCUT2D eigenvalue weighted by Crippen LogP contribution is 2.19. The van der Waals surface area contributed by atoms with E-state index in [-0.39, 0.29) is 11.7 Å². The van der Waals surface area contributed by atoms with Gasteiger partial charge in [0.2, 0.25) is 0 Å². The summed E-state index contributed by atoms with van der Waals surface area (Å²) in [4.78, 5) is 16.3. The molecule has 0 aliphatic rings. The van der Waals surface area contributed by atoms with E-state index in [1.165, 1.54) is 12.3 Å². The molecule has 0 spiro atoms. The monoisotopic (exact) mass is 385 g/mol. The van der Waals surface area contributed by atoms with E-state index < -0.39 is 0 Å². The lowest BCUT2D eigenvalue weighted by Gasteiger charge is -2.08. The van der Waals surface area contributed by atoms with Gasteiger partial charge in [-0.2, -0.15) is 0 Å². The van der Waals surface area contributed by atoms with Crippen molar-refractivity contribution in [3.63, 3.8) is 0 Å². The Labute approximate surface area is 146 Å². The molecule has 0 radical (unpaired) electrons. The van der Waals surface area contributed by atoms with Crippen molar-refractivity contribution in [2.45, 2.75) is 0 Å². The van der Waals surface area contributed by atoms with Crippen molar-refractivity contribution < 1.29 is 9.18 Å². The minimum Gasteiger partial charge on any atom is -0.338 e. The standard InChI is InChI=1S/C18H13BrFN3O/c19-13-5-3-4-12(10-13)18(24)22-14-8-9-17(21-11-14)23-16-7-2-1-6-15(16)20/h1-11H,(H,21,23)(H,22,24). The molecular weight excluding hydrogens is 373 g/mol. The van der Waals surface area contributed by atoms with Crippen molar-refractivity contribution in [1.29, 1.82) is 0 Å². The summed E-state index contributed by atoms with van der Waals surface area (Å²) in [5.74, 6) is -0.0974. The fraction of sp³-hybridized carbons (Fsp3) is 0. The summed E-state index contributed by atoms with van der Waals surface area (Å²) in [6.45, 7) is 0. The molecule has 2 N–H and O–H groups in total. The van der Waals surface area contributed by atoms with Crippen LogP contribution in [0.3, 0.4) is 0 Å². The Hall–Kier alpha value is -2.73. The number of halogens is 2. The van der Waals surface area contributed by atoms with Crippen molar-refractivity contribution in [1.82, 2.24) is 4.98 Å². The quantitative estimate of drug-likeness (QED) is 0.665. The van der Waals surface area contributed by atoms with Gasteiger partial charge in [0.25, 0.3) is 5.91 Å². The number of aromatic nitrogens is 1. The Morgan fingerprint density at radius 2 is 1.88 bits per heavy atom. The maximum absolute atomic E-state index is 13.6. The van der Waals surface area contributed by atoms with Crippen molar-refractivity contribution in [2.24, 2.45) is 0 Å². The van der Waals surface area contributed by atoms with E-state index in [9.17, 15) is 9.18 Å². The fourth-order valence-corrected chi connectivity index (χ4v) is 2.47. The Bertz CT molecular complexity index is 868. The van der Waals surface area contributed by atoms with Gasteiger partial charge in [-0.15, -0.1) is 0 Å². The number of pyridine rings is 1. The Kier molecular flexibility index (Phi) is 4.86. The number of para-hydroxylation sites is 1. The predicted octanol–water partition coefficient (Wildman–Crippen LogP) is 4.98. The second kappa shape index (κ2) is 7.23. The number of amides is 1. The zero-order chi connectivity index (χ0) is 16.9. The zero-order valence-corrected chi connectivity index (χ0v) is 14.0. The second-order valence-corrected chi connectivity index (χ2v) is 5.92. The first-order chi connectivity index (χ1) is 11.6. The number of benzene rings is 2. The largest absolute Gasteiger partial charge is 0.338 e. The van der Waals surface area contributed by atoms with Crippen LogP contribution in [0.4, 0.5) is 21.6 Å². The van der Waals surface area contributed by atoms with Crippen LogP contribution in [-0.2, 0) is 0 Å². The number of anilines is 3. The molecule has 2 aromatic carbocycles. The summed E-state index contributed by atoms with van der Waals surface area (Å²) in [6.07, 6.45) is 1.51. The van der Waals surface area contributed by atoms with Crippen LogP contribution in [0.5, 0.6) is 0 Å². The molecule has 0 fully saturated rings. The van der Waals surface area contributed by atoms with Gasteiger partial charge in [0, 0.05) is 10.0 Å². The summed E-state index contributed by atoms with van der Waals surface area (Å²) in [7, 11) is 0. The SMILES string of the molecule is O=C(Nc1ccc(Nc2ccccc2F)nc1)c1cccc(Br)c1. The van der Waals surface area contributed by atoms with Crippen LogP contribution < -0.4 is 10.6 Å². The Morgan fingerprint density at radius 3 is 2.58 bits per heavy atom. The molecule has 0 aliphatic carbocycles. The van der Waals surface area contributed by atoms with E-state index in [2.05, 4.69) is 31.5 Å². The molecule has 0 unspecified atom stereocenters. The minimum absolute atomic E-state index is 0.229. The molecule has 1 aromatic heterocycles. The summed E-state index contributed by atoms with van der Waals surface area (Å²) in [6, 6.07) is 16.8. The number of carbonyl (C=O) groups excluding carboxylic acids is 1. The molecule has 0 bridgehead atoms. The molecular formula is C18H13BrFN3O. The van der Waals surface area contributed by atoms with Crippen molar-refractivity contribution in [2.75, 3.05) is 10.6 Å². The van der Waals surface area contributed by atoms with Gasteiger partial charge in [-0.25, -0.2) is 9.37 Å². The fourth-order valence-electron chi connectivity index (χ4n) is 2.08. The van der Waals surface area contributed by atoms with Crippen LogP contribution in [0.25, 0.3) is 0 Å². The first-order valence-electron chi connectivity index (χ1n) is 7.16. The van der Waals surface area contributed by atoms with E-state index in [1.54, 1.807) is 48.5 Å². The van der Waals surface area contributed by atoms with Crippen molar-refractivity contribution in [3.05, 3.63) is 82.7 Å². The number of hydrogen-bond donors (Lipinski definition) is 2. The average molecular weight is 386 g/mol. The van der Waals surface area contributed by atoms with Crippen LogP contribution in [0.1, 0.15) is 10.4 Å². The molecule has 3 rings (SSSR count). The molecule has 120 valence electrons. The van der Waals surface area contributed by atoms with Gasteiger partial charge in [0.1, 0.15) is 11.6 Å². The van der Waals surface area contributed by atoms with Crippen molar-refractivity contribution in [3.8, 4) is 0 Å². The normalized spacial score (nSPS) is 10.2. The third-order valence-corrected chi connectivity index (χ3v) is 3.74. The summed E-state index contributed by atoms with van der Waals surface area (Å²) >= 11 is 3.33. The predicted molar refractivity (Wildman–Crippen MR) is 96.0 cm³/mol. The smallest absolute Gasteiger partial charge is 0.255 e. The molecule has 0 atom stereocenters. The van der Waals surface area contributed by atoms with E-state index in [0.29, 0.717) is 22.8 Å². The number of rotatable bonds is 4. The first kappa shape index (κ1) is 16.1. The van der Waals surface area contributed by atoms with Crippen LogP contribution in [0.2, 0.25) is 0 Å². The molecule has 6 heteroatoms. The summed E-state index contributed by atoms with van der Waals surface area (Å²) in [5.41, 5.74) is 1.44. The van der Waals surface area contributed by atoms with E-state index >= 15 is 0 Å². The lowest BCUT2D eigenvalue weighted by Crippen LogP contribution is -2.12. The average Bonchev–Trinajstić information content (AvgIpc) is 2.58. The maximum atomic E-state index is 13.6. The Morgan fingerprint density at radius 1 is 1.04 bits per heavy atom. The molecule has 0 saturated heterocycles. The topological polar surface area (TPSA) is 54.0 Å². The number of hydrogen-bond acceptors (Lipinski definition) is 3. The Balaban J connectivity index is 1.68. The van der Waals surface area contributed by atoms with E-state index in [1.807, 2.05) is 6.07 Å². The highest BCUT2D eigenvalue weighted by molar-refractivity contribution is 9.10. The molecule has 4 nitrogen and oxygen atoms in total. The highest BCUT2D eigenvalue weighted by Gasteiger charge is 2.07. The third-order valence-electron chi connectivity index (χ3n) is 3.24. The molecule has 1 amide bonds. The van der Waals surface area contributed by atoms with Gasteiger partial charge in [0.05, 0.1) is 17.6 Å².